The molecule has 0 aliphatic carbocycles. The maximum atomic E-state index is 9.44. The lowest BCUT2D eigenvalue weighted by molar-refractivity contribution is 0.164. The molecule has 1 aromatic rings. The van der Waals surface area contributed by atoms with Crippen LogP contribution in [-0.4, -0.2) is 28.3 Å². The van der Waals surface area contributed by atoms with Gasteiger partial charge in [-0.2, -0.15) is 0 Å². The Balaban J connectivity index is 2.67. The van der Waals surface area contributed by atoms with Crippen molar-refractivity contribution in [2.75, 3.05) is 13.6 Å². The van der Waals surface area contributed by atoms with Crippen LogP contribution in [0.4, 0.5) is 0 Å². The molecule has 0 saturated heterocycles. The summed E-state index contributed by atoms with van der Waals surface area (Å²) in [4.78, 5) is 4.01. The fourth-order valence-electron chi connectivity index (χ4n) is 0.983. The van der Waals surface area contributed by atoms with Crippen molar-refractivity contribution in [1.29, 1.82) is 0 Å². The van der Waals surface area contributed by atoms with Crippen molar-refractivity contribution in [3.8, 4) is 0 Å². The van der Waals surface area contributed by atoms with E-state index in [0.29, 0.717) is 12.4 Å². The van der Waals surface area contributed by atoms with Crippen molar-refractivity contribution in [3.05, 3.63) is 18.2 Å². The molecule has 1 unspecified atom stereocenters. The second kappa shape index (κ2) is 3.50. The Morgan fingerprint density at radius 1 is 1.82 bits per heavy atom. The van der Waals surface area contributed by atoms with Gasteiger partial charge in [-0.1, -0.05) is 0 Å². The third-order valence-corrected chi connectivity index (χ3v) is 1.55. The Morgan fingerprint density at radius 2 is 2.55 bits per heavy atom. The van der Waals surface area contributed by atoms with Gasteiger partial charge in [-0.25, -0.2) is 4.98 Å². The number of rotatable bonds is 3. The molecule has 0 amide bonds. The second-order valence-corrected chi connectivity index (χ2v) is 2.47. The van der Waals surface area contributed by atoms with Crippen molar-refractivity contribution in [1.82, 2.24) is 14.9 Å². The quantitative estimate of drug-likeness (QED) is 0.628. The highest BCUT2D eigenvalue weighted by atomic mass is 16.3. The van der Waals surface area contributed by atoms with Crippen LogP contribution in [-0.2, 0) is 7.05 Å². The molecule has 62 valence electrons. The molecule has 4 nitrogen and oxygen atoms in total. The minimum Gasteiger partial charge on any atom is -0.384 e. The van der Waals surface area contributed by atoms with E-state index in [0.717, 1.165) is 0 Å². The lowest BCUT2D eigenvalue weighted by Crippen LogP contribution is -2.19. The minimum absolute atomic E-state index is 0.514. The molecule has 11 heavy (non-hydrogen) atoms. The second-order valence-electron chi connectivity index (χ2n) is 2.47. The zero-order valence-electron chi connectivity index (χ0n) is 6.78. The van der Waals surface area contributed by atoms with Gasteiger partial charge in [0, 0.05) is 26.0 Å². The van der Waals surface area contributed by atoms with Gasteiger partial charge in [0.25, 0.3) is 0 Å². The SMILES string of the molecule is CNCC(O)c1nccn1C. The Labute approximate surface area is 65.9 Å². The van der Waals surface area contributed by atoms with Crippen LogP contribution in [0.1, 0.15) is 11.9 Å². The normalized spacial score (nSPS) is 13.4. The largest absolute Gasteiger partial charge is 0.384 e. The Morgan fingerprint density at radius 3 is 3.00 bits per heavy atom. The lowest BCUT2D eigenvalue weighted by Gasteiger charge is -2.08. The third-order valence-electron chi connectivity index (χ3n) is 1.55. The molecule has 0 fully saturated rings. The molecule has 1 aromatic heterocycles. The zero-order valence-corrected chi connectivity index (χ0v) is 6.78. The molecular formula is C7H13N3O. The fraction of sp³-hybridized carbons (Fsp3) is 0.571. The maximum absolute atomic E-state index is 9.44. The summed E-state index contributed by atoms with van der Waals surface area (Å²) in [7, 11) is 3.66. The first-order valence-electron chi connectivity index (χ1n) is 3.55. The average molecular weight is 155 g/mol. The summed E-state index contributed by atoms with van der Waals surface area (Å²) in [5.74, 6) is 0.694. The topological polar surface area (TPSA) is 50.1 Å². The number of aromatic nitrogens is 2. The van der Waals surface area contributed by atoms with Crippen LogP contribution in [0.15, 0.2) is 12.4 Å². The van der Waals surface area contributed by atoms with Crippen molar-refractivity contribution in [2.45, 2.75) is 6.10 Å². The molecule has 1 rings (SSSR count). The molecule has 4 heteroatoms. The van der Waals surface area contributed by atoms with Crippen molar-refractivity contribution in [2.24, 2.45) is 7.05 Å². The number of aryl methyl sites for hydroxylation is 1. The van der Waals surface area contributed by atoms with Gasteiger partial charge in [-0.3, -0.25) is 0 Å². The van der Waals surface area contributed by atoms with Crippen LogP contribution in [0.25, 0.3) is 0 Å². The average Bonchev–Trinajstić information content (AvgIpc) is 2.36. The van der Waals surface area contributed by atoms with E-state index in [1.165, 1.54) is 0 Å². The Kier molecular flexibility index (Phi) is 2.62. The molecule has 1 heterocycles. The summed E-state index contributed by atoms with van der Waals surface area (Å²) >= 11 is 0. The summed E-state index contributed by atoms with van der Waals surface area (Å²) in [6.45, 7) is 0.533. The van der Waals surface area contributed by atoms with Gasteiger partial charge >= 0.3 is 0 Å². The number of nitrogens with one attached hydrogen (secondary N) is 1. The predicted molar refractivity (Wildman–Crippen MR) is 42.1 cm³/mol. The number of hydrogen-bond donors (Lipinski definition) is 2. The molecule has 1 atom stereocenters. The van der Waals surface area contributed by atoms with Gasteiger partial charge < -0.3 is 15.0 Å². The van der Waals surface area contributed by atoms with Crippen LogP contribution in [0.2, 0.25) is 0 Å². The third kappa shape index (κ3) is 1.78. The number of aliphatic hydroxyl groups excluding tert-OH is 1. The van der Waals surface area contributed by atoms with E-state index in [-0.39, 0.29) is 0 Å². The van der Waals surface area contributed by atoms with E-state index in [1.54, 1.807) is 13.2 Å². The van der Waals surface area contributed by atoms with Gasteiger partial charge in [-0.15, -0.1) is 0 Å². The van der Waals surface area contributed by atoms with E-state index in [9.17, 15) is 5.11 Å². The summed E-state index contributed by atoms with van der Waals surface area (Å²) in [5, 5.41) is 12.3. The highest BCUT2D eigenvalue weighted by molar-refractivity contribution is 4.95. The standard InChI is InChI=1S/C7H13N3O/c1-8-5-6(11)7-9-3-4-10(7)2/h3-4,6,8,11H,5H2,1-2H3. The van der Waals surface area contributed by atoms with Crippen LogP contribution in [0, 0.1) is 0 Å². The molecule has 0 aliphatic heterocycles. The Bertz CT molecular complexity index is 221. The molecule has 0 aliphatic rings. The smallest absolute Gasteiger partial charge is 0.138 e. The highest BCUT2D eigenvalue weighted by Crippen LogP contribution is 2.06. The summed E-state index contributed by atoms with van der Waals surface area (Å²) < 4.78 is 1.81. The molecule has 0 radical (unpaired) electrons. The molecule has 0 spiro atoms. The lowest BCUT2D eigenvalue weighted by atomic mass is 10.3. The van der Waals surface area contributed by atoms with Crippen LogP contribution in [0.3, 0.4) is 0 Å². The van der Waals surface area contributed by atoms with E-state index < -0.39 is 6.10 Å². The van der Waals surface area contributed by atoms with E-state index >= 15 is 0 Å². The molecule has 0 saturated carbocycles. The summed E-state index contributed by atoms with van der Waals surface area (Å²) in [6, 6.07) is 0. The Hall–Kier alpha value is -0.870. The predicted octanol–water partition coefficient (Wildman–Crippen LogP) is -0.327. The number of aliphatic hydroxyl groups is 1. The molecule has 2 N–H and O–H groups in total. The summed E-state index contributed by atoms with van der Waals surface area (Å²) in [6.07, 6.45) is 2.97. The zero-order chi connectivity index (χ0) is 8.27. The molecule has 0 bridgehead atoms. The van der Waals surface area contributed by atoms with Gasteiger partial charge in [0.05, 0.1) is 0 Å². The number of hydrogen-bond acceptors (Lipinski definition) is 3. The van der Waals surface area contributed by atoms with Crippen molar-refractivity contribution in [3.63, 3.8) is 0 Å². The maximum Gasteiger partial charge on any atom is 0.138 e. The fourth-order valence-corrected chi connectivity index (χ4v) is 0.983. The van der Waals surface area contributed by atoms with E-state index in [4.69, 9.17) is 0 Å². The molecular weight excluding hydrogens is 142 g/mol. The van der Waals surface area contributed by atoms with Crippen molar-refractivity contribution < 1.29 is 5.11 Å². The van der Waals surface area contributed by atoms with Crippen molar-refractivity contribution >= 4 is 0 Å². The monoisotopic (exact) mass is 155 g/mol. The number of nitrogens with zero attached hydrogens (tertiary/aromatic N) is 2. The van der Waals surface area contributed by atoms with Gasteiger partial charge in [-0.05, 0) is 7.05 Å². The number of likely N-dealkylation sites (N-methyl/N-ethyl adjacent to an activating group) is 1. The van der Waals surface area contributed by atoms with E-state index in [2.05, 4.69) is 10.3 Å². The van der Waals surface area contributed by atoms with Gasteiger partial charge in [0.2, 0.25) is 0 Å². The first-order chi connectivity index (χ1) is 5.25. The van der Waals surface area contributed by atoms with Crippen LogP contribution in [0.5, 0.6) is 0 Å². The van der Waals surface area contributed by atoms with Gasteiger partial charge in [0.15, 0.2) is 0 Å². The highest BCUT2D eigenvalue weighted by Gasteiger charge is 2.09. The molecule has 0 aromatic carbocycles. The summed E-state index contributed by atoms with van der Waals surface area (Å²) in [5.41, 5.74) is 0. The first kappa shape index (κ1) is 8.23. The first-order valence-corrected chi connectivity index (χ1v) is 3.55. The van der Waals surface area contributed by atoms with E-state index in [1.807, 2.05) is 17.8 Å². The van der Waals surface area contributed by atoms with Crippen LogP contribution >= 0.6 is 0 Å². The van der Waals surface area contributed by atoms with Crippen LogP contribution < -0.4 is 5.32 Å². The minimum atomic E-state index is -0.514. The number of imidazole rings is 1. The van der Waals surface area contributed by atoms with Gasteiger partial charge in [0.1, 0.15) is 11.9 Å².